The number of benzene rings is 2. The number of rotatable bonds is 2. The zero-order chi connectivity index (χ0) is 12.4. The molecule has 3 aromatic rings. The summed E-state index contributed by atoms with van der Waals surface area (Å²) < 4.78 is 2.07. The highest BCUT2D eigenvalue weighted by Crippen LogP contribution is 2.21. The quantitative estimate of drug-likeness (QED) is 0.660. The monoisotopic (exact) mass is 233 g/mol. The van der Waals surface area contributed by atoms with Crippen LogP contribution in [0.15, 0.2) is 60.9 Å². The van der Waals surface area contributed by atoms with Crippen molar-refractivity contribution in [1.82, 2.24) is 9.55 Å². The normalized spacial score (nSPS) is 10.5. The third-order valence-corrected chi connectivity index (χ3v) is 2.92. The van der Waals surface area contributed by atoms with E-state index < -0.39 is 0 Å². The average molecular weight is 233 g/mol. The maximum Gasteiger partial charge on any atom is 0.144 e. The van der Waals surface area contributed by atoms with E-state index in [-0.39, 0.29) is 0 Å². The molecule has 0 saturated heterocycles. The van der Waals surface area contributed by atoms with Gasteiger partial charge in [-0.25, -0.2) is 4.98 Å². The van der Waals surface area contributed by atoms with Crippen molar-refractivity contribution in [3.8, 4) is 17.1 Å². The van der Waals surface area contributed by atoms with Crippen LogP contribution in [0.5, 0.6) is 0 Å². The summed E-state index contributed by atoms with van der Waals surface area (Å²) in [6.45, 7) is 2.09. The van der Waals surface area contributed by atoms with Gasteiger partial charge in [-0.1, -0.05) is 42.0 Å². The molecule has 1 radical (unpaired) electrons. The van der Waals surface area contributed by atoms with Crippen molar-refractivity contribution in [1.29, 1.82) is 0 Å². The molecule has 2 aromatic carbocycles. The summed E-state index contributed by atoms with van der Waals surface area (Å²) in [4.78, 5) is 4.44. The van der Waals surface area contributed by atoms with Crippen molar-refractivity contribution in [2.24, 2.45) is 0 Å². The summed E-state index contributed by atoms with van der Waals surface area (Å²) in [6.07, 6.45) is 3.79. The summed E-state index contributed by atoms with van der Waals surface area (Å²) in [5.74, 6) is 0.953. The van der Waals surface area contributed by atoms with Crippen LogP contribution in [0.3, 0.4) is 0 Å². The van der Waals surface area contributed by atoms with Gasteiger partial charge in [0.2, 0.25) is 0 Å². The number of hydrogen-bond acceptors (Lipinski definition) is 1. The molecule has 3 rings (SSSR count). The lowest BCUT2D eigenvalue weighted by Crippen LogP contribution is -1.95. The van der Waals surface area contributed by atoms with Gasteiger partial charge in [0.25, 0.3) is 0 Å². The first-order valence-electron chi connectivity index (χ1n) is 5.91. The molecule has 1 heterocycles. The van der Waals surface area contributed by atoms with Crippen LogP contribution in [-0.2, 0) is 0 Å². The van der Waals surface area contributed by atoms with Crippen LogP contribution in [0, 0.1) is 13.0 Å². The molecule has 0 unspecified atom stereocenters. The zero-order valence-electron chi connectivity index (χ0n) is 10.2. The van der Waals surface area contributed by atoms with E-state index in [1.54, 1.807) is 0 Å². The Kier molecular flexibility index (Phi) is 2.69. The van der Waals surface area contributed by atoms with Crippen molar-refractivity contribution in [2.75, 3.05) is 0 Å². The van der Waals surface area contributed by atoms with Crippen LogP contribution < -0.4 is 0 Å². The topological polar surface area (TPSA) is 17.8 Å². The third-order valence-electron chi connectivity index (χ3n) is 2.92. The number of imidazole rings is 1. The van der Waals surface area contributed by atoms with E-state index in [4.69, 9.17) is 0 Å². The highest BCUT2D eigenvalue weighted by Gasteiger charge is 2.06. The van der Waals surface area contributed by atoms with Gasteiger partial charge in [-0.05, 0) is 25.1 Å². The molecule has 2 nitrogen and oxygen atoms in total. The van der Waals surface area contributed by atoms with Crippen molar-refractivity contribution in [3.05, 3.63) is 72.6 Å². The van der Waals surface area contributed by atoms with Gasteiger partial charge in [0.15, 0.2) is 0 Å². The minimum atomic E-state index is 0.953. The molecular weight excluding hydrogens is 220 g/mol. The van der Waals surface area contributed by atoms with Gasteiger partial charge in [-0.2, -0.15) is 0 Å². The summed E-state index contributed by atoms with van der Waals surface area (Å²) in [7, 11) is 0. The maximum atomic E-state index is 4.44. The molecule has 0 bridgehead atoms. The Bertz CT molecular complexity index is 636. The average Bonchev–Trinajstić information content (AvgIpc) is 2.90. The molecular formula is C16H13N2. The number of hydrogen-bond donors (Lipinski definition) is 0. The second-order valence-electron chi connectivity index (χ2n) is 4.25. The van der Waals surface area contributed by atoms with E-state index in [2.05, 4.69) is 52.9 Å². The Morgan fingerprint density at radius 3 is 2.67 bits per heavy atom. The molecule has 1 aromatic heterocycles. The summed E-state index contributed by atoms with van der Waals surface area (Å²) in [6, 6.07) is 19.4. The Labute approximate surface area is 107 Å². The van der Waals surface area contributed by atoms with E-state index in [0.717, 1.165) is 17.1 Å². The van der Waals surface area contributed by atoms with Gasteiger partial charge in [0, 0.05) is 23.6 Å². The highest BCUT2D eigenvalue weighted by atomic mass is 15.1. The molecule has 87 valence electrons. The molecule has 18 heavy (non-hydrogen) atoms. The van der Waals surface area contributed by atoms with E-state index in [1.165, 1.54) is 5.56 Å². The van der Waals surface area contributed by atoms with Crippen molar-refractivity contribution in [3.63, 3.8) is 0 Å². The molecule has 0 saturated carbocycles. The SMILES string of the molecule is Cc1ccc(-c2nccn2-c2c[c]ccc2)cc1. The smallest absolute Gasteiger partial charge is 0.144 e. The van der Waals surface area contributed by atoms with E-state index in [1.807, 2.05) is 30.6 Å². The minimum Gasteiger partial charge on any atom is -0.300 e. The highest BCUT2D eigenvalue weighted by molar-refractivity contribution is 5.59. The predicted octanol–water partition coefficient (Wildman–Crippen LogP) is 3.65. The first kappa shape index (κ1) is 10.8. The third kappa shape index (κ3) is 1.93. The number of aromatic nitrogens is 2. The predicted molar refractivity (Wildman–Crippen MR) is 72.6 cm³/mol. The Morgan fingerprint density at radius 2 is 1.94 bits per heavy atom. The van der Waals surface area contributed by atoms with Crippen LogP contribution in [0.25, 0.3) is 17.1 Å². The van der Waals surface area contributed by atoms with Gasteiger partial charge < -0.3 is 0 Å². The van der Waals surface area contributed by atoms with Gasteiger partial charge in [0.1, 0.15) is 5.82 Å². The van der Waals surface area contributed by atoms with Crippen molar-refractivity contribution in [2.45, 2.75) is 6.92 Å². The maximum absolute atomic E-state index is 4.44. The van der Waals surface area contributed by atoms with E-state index >= 15 is 0 Å². The van der Waals surface area contributed by atoms with E-state index in [9.17, 15) is 0 Å². The fourth-order valence-corrected chi connectivity index (χ4v) is 1.96. The lowest BCUT2D eigenvalue weighted by molar-refractivity contribution is 1.07. The molecule has 0 fully saturated rings. The van der Waals surface area contributed by atoms with Crippen LogP contribution in [0.4, 0.5) is 0 Å². The first-order valence-corrected chi connectivity index (χ1v) is 5.91. The fourth-order valence-electron chi connectivity index (χ4n) is 1.96. The Hall–Kier alpha value is -2.35. The van der Waals surface area contributed by atoms with Crippen molar-refractivity contribution >= 4 is 0 Å². The van der Waals surface area contributed by atoms with Crippen LogP contribution in [-0.4, -0.2) is 9.55 Å². The second-order valence-corrected chi connectivity index (χ2v) is 4.25. The standard InChI is InChI=1S/C16H13N2/c1-13-7-9-14(10-8-13)16-17-11-12-18(16)15-5-3-2-4-6-15/h2-3,5-12H,1H3. The molecule has 0 aliphatic carbocycles. The van der Waals surface area contributed by atoms with E-state index in [0.29, 0.717) is 0 Å². The minimum absolute atomic E-state index is 0.953. The lowest BCUT2D eigenvalue weighted by Gasteiger charge is -2.07. The summed E-state index contributed by atoms with van der Waals surface area (Å²) in [5.41, 5.74) is 3.45. The lowest BCUT2D eigenvalue weighted by atomic mass is 10.1. The van der Waals surface area contributed by atoms with Crippen molar-refractivity contribution < 1.29 is 0 Å². The fraction of sp³-hybridized carbons (Fsp3) is 0.0625. The largest absolute Gasteiger partial charge is 0.300 e. The van der Waals surface area contributed by atoms with Crippen LogP contribution in [0.1, 0.15) is 5.56 Å². The molecule has 0 spiro atoms. The van der Waals surface area contributed by atoms with Gasteiger partial charge in [-0.15, -0.1) is 0 Å². The first-order chi connectivity index (χ1) is 8.84. The molecule has 0 amide bonds. The number of aryl methyl sites for hydroxylation is 1. The molecule has 0 aliphatic heterocycles. The van der Waals surface area contributed by atoms with Crippen LogP contribution >= 0.6 is 0 Å². The number of nitrogens with zero attached hydrogens (tertiary/aromatic N) is 2. The van der Waals surface area contributed by atoms with Crippen LogP contribution in [0.2, 0.25) is 0 Å². The Morgan fingerprint density at radius 1 is 1.11 bits per heavy atom. The molecule has 2 heteroatoms. The molecule has 0 aliphatic rings. The second kappa shape index (κ2) is 4.49. The molecule has 0 atom stereocenters. The zero-order valence-corrected chi connectivity index (χ0v) is 10.2. The summed E-state index contributed by atoms with van der Waals surface area (Å²) in [5, 5.41) is 0. The van der Waals surface area contributed by atoms with Gasteiger partial charge >= 0.3 is 0 Å². The molecule has 0 N–H and O–H groups in total. The van der Waals surface area contributed by atoms with Gasteiger partial charge in [-0.3, -0.25) is 4.57 Å². The summed E-state index contributed by atoms with van der Waals surface area (Å²) >= 11 is 0. The Balaban J connectivity index is 2.10. The van der Waals surface area contributed by atoms with Gasteiger partial charge in [0.05, 0.1) is 0 Å².